The molecule has 1 atom stereocenters. The van der Waals surface area contributed by atoms with Crippen LogP contribution in [0.2, 0.25) is 0 Å². The molecule has 5 nitrogen and oxygen atoms in total. The molecule has 0 bridgehead atoms. The Bertz CT molecular complexity index is 671. The van der Waals surface area contributed by atoms with Gasteiger partial charge in [0, 0.05) is 48.9 Å². The molecule has 1 N–H and O–H groups in total. The molecular formula is C19H28N4OS. The highest BCUT2D eigenvalue weighted by molar-refractivity contribution is 7.09. The normalized spacial score (nSPS) is 17.8. The number of carbonyl (C=O) groups is 1. The summed E-state index contributed by atoms with van der Waals surface area (Å²) in [5, 5.41) is 5.37. The van der Waals surface area contributed by atoms with E-state index in [1.165, 1.54) is 4.88 Å². The number of thiophene rings is 1. The quantitative estimate of drug-likeness (QED) is 0.859. The minimum Gasteiger partial charge on any atom is -0.351 e. The molecule has 1 fully saturated rings. The molecule has 6 heteroatoms. The Morgan fingerprint density at radius 3 is 2.76 bits per heavy atom. The van der Waals surface area contributed by atoms with Crippen molar-refractivity contribution in [2.24, 2.45) is 0 Å². The van der Waals surface area contributed by atoms with Crippen molar-refractivity contribution >= 4 is 17.2 Å². The Balaban J connectivity index is 1.49. The van der Waals surface area contributed by atoms with E-state index in [-0.39, 0.29) is 18.0 Å². The fourth-order valence-electron chi connectivity index (χ4n) is 3.41. The molecule has 2 aromatic heterocycles. The fraction of sp³-hybridized carbons (Fsp3) is 0.579. The van der Waals surface area contributed by atoms with Gasteiger partial charge in [0.2, 0.25) is 5.91 Å². The average Bonchev–Trinajstić information content (AvgIpc) is 3.27. The molecule has 0 radical (unpaired) electrons. The van der Waals surface area contributed by atoms with E-state index in [4.69, 9.17) is 0 Å². The zero-order chi connectivity index (χ0) is 17.8. The first kappa shape index (κ1) is 18.1. The monoisotopic (exact) mass is 360 g/mol. The summed E-state index contributed by atoms with van der Waals surface area (Å²) in [5.74, 6) is 1.37. The molecule has 1 amide bonds. The van der Waals surface area contributed by atoms with Gasteiger partial charge in [-0.25, -0.2) is 4.98 Å². The fourth-order valence-corrected chi connectivity index (χ4v) is 4.15. The first-order valence-electron chi connectivity index (χ1n) is 9.12. The van der Waals surface area contributed by atoms with Crippen molar-refractivity contribution in [1.82, 2.24) is 19.8 Å². The molecule has 1 saturated heterocycles. The topological polar surface area (TPSA) is 50.2 Å². The Morgan fingerprint density at radius 2 is 2.12 bits per heavy atom. The van der Waals surface area contributed by atoms with Crippen molar-refractivity contribution in [2.45, 2.75) is 58.2 Å². The lowest BCUT2D eigenvalue weighted by molar-refractivity contribution is -0.125. The number of imidazole rings is 1. The summed E-state index contributed by atoms with van der Waals surface area (Å²) in [6.07, 6.45) is 5.72. The number of aromatic nitrogens is 2. The van der Waals surface area contributed by atoms with Crippen LogP contribution in [0.1, 0.15) is 56.3 Å². The van der Waals surface area contributed by atoms with E-state index in [0.29, 0.717) is 5.92 Å². The van der Waals surface area contributed by atoms with Crippen molar-refractivity contribution in [3.63, 3.8) is 0 Å². The minimum atomic E-state index is -0.218. The second-order valence-corrected chi connectivity index (χ2v) is 8.19. The van der Waals surface area contributed by atoms with Gasteiger partial charge in [0.15, 0.2) is 0 Å². The molecule has 136 valence electrons. The summed E-state index contributed by atoms with van der Waals surface area (Å²) in [5.41, 5.74) is 0. The maximum absolute atomic E-state index is 12.7. The maximum atomic E-state index is 12.7. The highest BCUT2D eigenvalue weighted by atomic mass is 32.1. The van der Waals surface area contributed by atoms with E-state index in [1.54, 1.807) is 6.20 Å². The number of rotatable bonds is 6. The molecule has 0 spiro atoms. The summed E-state index contributed by atoms with van der Waals surface area (Å²) < 4.78 is 1.99. The van der Waals surface area contributed by atoms with Crippen LogP contribution in [0.3, 0.4) is 0 Å². The standard InChI is InChI=1S/C19H28N4OS/c1-14(2)18-20-8-11-23(18)15(3)19(24)21-16-6-9-22(10-7-16)13-17-5-4-12-25-17/h4-5,8,11-12,14-16H,6-7,9-10,13H2,1-3H3,(H,21,24)/t15-/m1/s1. The Labute approximate surface area is 154 Å². The lowest BCUT2D eigenvalue weighted by atomic mass is 10.0. The Hall–Kier alpha value is -1.66. The number of likely N-dealkylation sites (tertiary alicyclic amines) is 1. The SMILES string of the molecule is CC(C)c1nccn1[C@H](C)C(=O)NC1CCN(Cc2cccs2)CC1. The number of hydrogen-bond donors (Lipinski definition) is 1. The Morgan fingerprint density at radius 1 is 1.36 bits per heavy atom. The van der Waals surface area contributed by atoms with Crippen molar-refractivity contribution in [2.75, 3.05) is 13.1 Å². The number of hydrogen-bond acceptors (Lipinski definition) is 4. The van der Waals surface area contributed by atoms with Crippen LogP contribution in [0.15, 0.2) is 29.9 Å². The first-order chi connectivity index (χ1) is 12.0. The van der Waals surface area contributed by atoms with Gasteiger partial charge in [0.1, 0.15) is 11.9 Å². The molecular weight excluding hydrogens is 332 g/mol. The molecule has 0 unspecified atom stereocenters. The molecule has 0 aromatic carbocycles. The van der Waals surface area contributed by atoms with Gasteiger partial charge in [-0.15, -0.1) is 11.3 Å². The van der Waals surface area contributed by atoms with Crippen LogP contribution < -0.4 is 5.32 Å². The third-order valence-electron chi connectivity index (χ3n) is 4.91. The van der Waals surface area contributed by atoms with E-state index in [0.717, 1.165) is 38.3 Å². The number of nitrogens with one attached hydrogen (secondary N) is 1. The zero-order valence-corrected chi connectivity index (χ0v) is 16.1. The second kappa shape index (κ2) is 8.15. The maximum Gasteiger partial charge on any atom is 0.243 e. The van der Waals surface area contributed by atoms with Gasteiger partial charge < -0.3 is 9.88 Å². The molecule has 2 aromatic rings. The van der Waals surface area contributed by atoms with Crippen LogP contribution >= 0.6 is 11.3 Å². The van der Waals surface area contributed by atoms with Crippen molar-refractivity contribution in [3.8, 4) is 0 Å². The lowest BCUT2D eigenvalue weighted by Crippen LogP contribution is -2.46. The van der Waals surface area contributed by atoms with E-state index >= 15 is 0 Å². The predicted octanol–water partition coefficient (Wildman–Crippen LogP) is 3.41. The van der Waals surface area contributed by atoms with Gasteiger partial charge in [-0.2, -0.15) is 0 Å². The summed E-state index contributed by atoms with van der Waals surface area (Å²) in [6.45, 7) is 9.27. The smallest absolute Gasteiger partial charge is 0.243 e. The first-order valence-corrected chi connectivity index (χ1v) is 10.0. The van der Waals surface area contributed by atoms with Gasteiger partial charge in [-0.3, -0.25) is 9.69 Å². The van der Waals surface area contributed by atoms with Crippen LogP contribution in [0.4, 0.5) is 0 Å². The van der Waals surface area contributed by atoms with E-state index in [2.05, 4.69) is 46.6 Å². The van der Waals surface area contributed by atoms with Gasteiger partial charge in [-0.05, 0) is 31.2 Å². The number of amides is 1. The average molecular weight is 361 g/mol. The largest absolute Gasteiger partial charge is 0.351 e. The van der Waals surface area contributed by atoms with Crippen LogP contribution in [-0.4, -0.2) is 39.5 Å². The molecule has 3 rings (SSSR count). The molecule has 3 heterocycles. The predicted molar refractivity (Wildman–Crippen MR) is 102 cm³/mol. The van der Waals surface area contributed by atoms with Gasteiger partial charge in [-0.1, -0.05) is 19.9 Å². The van der Waals surface area contributed by atoms with Crippen LogP contribution in [0.5, 0.6) is 0 Å². The van der Waals surface area contributed by atoms with Gasteiger partial charge in [0.05, 0.1) is 0 Å². The highest BCUT2D eigenvalue weighted by Crippen LogP contribution is 2.19. The number of piperidine rings is 1. The van der Waals surface area contributed by atoms with E-state index in [9.17, 15) is 4.79 Å². The molecule has 1 aliphatic rings. The van der Waals surface area contributed by atoms with E-state index < -0.39 is 0 Å². The van der Waals surface area contributed by atoms with Crippen molar-refractivity contribution in [3.05, 3.63) is 40.6 Å². The summed E-state index contributed by atoms with van der Waals surface area (Å²) in [6, 6.07) is 4.36. The molecule has 0 aliphatic carbocycles. The second-order valence-electron chi connectivity index (χ2n) is 7.16. The lowest BCUT2D eigenvalue weighted by Gasteiger charge is -2.32. The molecule has 0 saturated carbocycles. The summed E-state index contributed by atoms with van der Waals surface area (Å²) >= 11 is 1.81. The number of nitrogens with zero attached hydrogens (tertiary/aromatic N) is 3. The van der Waals surface area contributed by atoms with Gasteiger partial charge in [0.25, 0.3) is 0 Å². The molecule has 1 aliphatic heterocycles. The van der Waals surface area contributed by atoms with Crippen molar-refractivity contribution in [1.29, 1.82) is 0 Å². The van der Waals surface area contributed by atoms with Gasteiger partial charge >= 0.3 is 0 Å². The summed E-state index contributed by atoms with van der Waals surface area (Å²) in [4.78, 5) is 20.9. The highest BCUT2D eigenvalue weighted by Gasteiger charge is 2.24. The summed E-state index contributed by atoms with van der Waals surface area (Å²) in [7, 11) is 0. The Kier molecular flexibility index (Phi) is 5.91. The number of carbonyl (C=O) groups excluding carboxylic acids is 1. The van der Waals surface area contributed by atoms with Crippen LogP contribution in [0, 0.1) is 0 Å². The third kappa shape index (κ3) is 4.50. The molecule has 25 heavy (non-hydrogen) atoms. The zero-order valence-electron chi connectivity index (χ0n) is 15.3. The van der Waals surface area contributed by atoms with Crippen LogP contribution in [0.25, 0.3) is 0 Å². The minimum absolute atomic E-state index is 0.0941. The van der Waals surface area contributed by atoms with E-state index in [1.807, 2.05) is 29.0 Å². The van der Waals surface area contributed by atoms with Crippen LogP contribution in [-0.2, 0) is 11.3 Å². The third-order valence-corrected chi connectivity index (χ3v) is 5.77. The van der Waals surface area contributed by atoms with Crippen molar-refractivity contribution < 1.29 is 4.79 Å².